The molecule has 21 heavy (non-hydrogen) atoms. The van der Waals surface area contributed by atoms with Crippen molar-refractivity contribution in [2.45, 2.75) is 25.8 Å². The summed E-state index contributed by atoms with van der Waals surface area (Å²) in [4.78, 5) is 0. The standard InChI is InChI=1S/C17H18BrClFN/c1-2-7-21-17(13-3-5-15(19)6-4-13)10-12-8-14(18)11-16(20)9-12/h3-6,8-9,11,17,21H,2,7,10H2,1H3. The molecule has 1 unspecified atom stereocenters. The molecule has 1 atom stereocenters. The second-order valence-electron chi connectivity index (χ2n) is 5.04. The van der Waals surface area contributed by atoms with Gasteiger partial charge < -0.3 is 5.32 Å². The Hall–Kier alpha value is -0.900. The monoisotopic (exact) mass is 369 g/mol. The van der Waals surface area contributed by atoms with Crippen LogP contribution in [-0.4, -0.2) is 6.54 Å². The number of benzene rings is 2. The van der Waals surface area contributed by atoms with E-state index in [1.165, 1.54) is 6.07 Å². The van der Waals surface area contributed by atoms with Gasteiger partial charge in [0.1, 0.15) is 5.82 Å². The van der Waals surface area contributed by atoms with Crippen LogP contribution in [0, 0.1) is 5.82 Å². The first kappa shape index (κ1) is 16.5. The first-order chi connectivity index (χ1) is 10.1. The molecule has 112 valence electrons. The smallest absolute Gasteiger partial charge is 0.124 e. The highest BCUT2D eigenvalue weighted by molar-refractivity contribution is 9.10. The van der Waals surface area contributed by atoms with E-state index in [-0.39, 0.29) is 11.9 Å². The van der Waals surface area contributed by atoms with Crippen LogP contribution in [-0.2, 0) is 6.42 Å². The van der Waals surface area contributed by atoms with E-state index in [1.807, 2.05) is 30.3 Å². The Balaban J connectivity index is 2.21. The molecule has 4 heteroatoms. The van der Waals surface area contributed by atoms with Crippen LogP contribution in [0.5, 0.6) is 0 Å². The summed E-state index contributed by atoms with van der Waals surface area (Å²) < 4.78 is 14.3. The molecule has 0 amide bonds. The molecule has 0 heterocycles. The fourth-order valence-electron chi connectivity index (χ4n) is 2.29. The van der Waals surface area contributed by atoms with Crippen molar-refractivity contribution in [3.63, 3.8) is 0 Å². The predicted octanol–water partition coefficient (Wildman–Crippen LogP) is 5.53. The van der Waals surface area contributed by atoms with Gasteiger partial charge in [0.05, 0.1) is 0 Å². The average Bonchev–Trinajstić information content (AvgIpc) is 2.43. The van der Waals surface area contributed by atoms with Gasteiger partial charge in [0.2, 0.25) is 0 Å². The summed E-state index contributed by atoms with van der Waals surface area (Å²) in [6, 6.07) is 13.0. The summed E-state index contributed by atoms with van der Waals surface area (Å²) in [6.07, 6.45) is 1.79. The Labute approximate surface area is 138 Å². The van der Waals surface area contributed by atoms with Gasteiger partial charge in [0.15, 0.2) is 0 Å². The van der Waals surface area contributed by atoms with Gasteiger partial charge in [-0.25, -0.2) is 4.39 Å². The number of halogens is 3. The van der Waals surface area contributed by atoms with Crippen LogP contribution in [0.4, 0.5) is 4.39 Å². The molecular weight excluding hydrogens is 353 g/mol. The molecule has 0 aromatic heterocycles. The Morgan fingerprint density at radius 2 is 1.90 bits per heavy atom. The van der Waals surface area contributed by atoms with E-state index < -0.39 is 0 Å². The lowest BCUT2D eigenvalue weighted by atomic mass is 9.98. The van der Waals surface area contributed by atoms with Crippen LogP contribution in [0.1, 0.15) is 30.5 Å². The van der Waals surface area contributed by atoms with Crippen LogP contribution in [0.2, 0.25) is 5.02 Å². The summed E-state index contributed by atoms with van der Waals surface area (Å²) in [5.41, 5.74) is 2.12. The van der Waals surface area contributed by atoms with Crippen molar-refractivity contribution in [3.8, 4) is 0 Å². The minimum absolute atomic E-state index is 0.149. The molecule has 2 aromatic rings. The number of rotatable bonds is 6. The van der Waals surface area contributed by atoms with Crippen LogP contribution >= 0.6 is 27.5 Å². The molecular formula is C17H18BrClFN. The second-order valence-corrected chi connectivity index (χ2v) is 6.39. The van der Waals surface area contributed by atoms with Crippen LogP contribution in [0.25, 0.3) is 0 Å². The molecule has 0 saturated carbocycles. The fourth-order valence-corrected chi connectivity index (χ4v) is 2.92. The second kappa shape index (κ2) is 7.92. The van der Waals surface area contributed by atoms with E-state index in [9.17, 15) is 4.39 Å². The van der Waals surface area contributed by atoms with Crippen LogP contribution < -0.4 is 5.32 Å². The molecule has 0 aliphatic heterocycles. The van der Waals surface area contributed by atoms with Gasteiger partial charge in [-0.15, -0.1) is 0 Å². The van der Waals surface area contributed by atoms with Crippen molar-refractivity contribution in [1.29, 1.82) is 0 Å². The zero-order valence-corrected chi connectivity index (χ0v) is 14.2. The third-order valence-corrected chi connectivity index (χ3v) is 3.99. The molecule has 1 N–H and O–H groups in total. The lowest BCUT2D eigenvalue weighted by Crippen LogP contribution is -2.24. The van der Waals surface area contributed by atoms with Gasteiger partial charge in [0, 0.05) is 15.5 Å². The Kier molecular flexibility index (Phi) is 6.22. The van der Waals surface area contributed by atoms with Crippen molar-refractivity contribution in [1.82, 2.24) is 5.32 Å². The Morgan fingerprint density at radius 3 is 2.52 bits per heavy atom. The normalized spacial score (nSPS) is 12.4. The van der Waals surface area contributed by atoms with E-state index in [0.717, 1.165) is 40.0 Å². The maximum atomic E-state index is 13.5. The predicted molar refractivity (Wildman–Crippen MR) is 90.3 cm³/mol. The number of nitrogens with one attached hydrogen (secondary N) is 1. The lowest BCUT2D eigenvalue weighted by Gasteiger charge is -2.19. The number of hydrogen-bond acceptors (Lipinski definition) is 1. The van der Waals surface area contributed by atoms with E-state index in [1.54, 1.807) is 6.07 Å². The van der Waals surface area contributed by atoms with Crippen molar-refractivity contribution < 1.29 is 4.39 Å². The largest absolute Gasteiger partial charge is 0.310 e. The molecule has 0 aliphatic rings. The molecule has 0 saturated heterocycles. The van der Waals surface area contributed by atoms with Gasteiger partial charge in [0.25, 0.3) is 0 Å². The molecule has 0 fully saturated rings. The van der Waals surface area contributed by atoms with Crippen LogP contribution in [0.3, 0.4) is 0 Å². The molecule has 1 nitrogen and oxygen atoms in total. The molecule has 0 aliphatic carbocycles. The van der Waals surface area contributed by atoms with E-state index in [4.69, 9.17) is 11.6 Å². The van der Waals surface area contributed by atoms with Crippen LogP contribution in [0.15, 0.2) is 46.9 Å². The summed E-state index contributed by atoms with van der Waals surface area (Å²) >= 11 is 9.29. The highest BCUT2D eigenvalue weighted by atomic mass is 79.9. The quantitative estimate of drug-likeness (QED) is 0.705. The molecule has 0 radical (unpaired) electrons. The summed E-state index contributed by atoms with van der Waals surface area (Å²) in [6.45, 7) is 3.05. The van der Waals surface area contributed by atoms with Gasteiger partial charge >= 0.3 is 0 Å². The third-order valence-electron chi connectivity index (χ3n) is 3.28. The average molecular weight is 371 g/mol. The summed E-state index contributed by atoms with van der Waals surface area (Å²) in [5.74, 6) is -0.218. The minimum atomic E-state index is -0.218. The molecule has 0 bridgehead atoms. The maximum Gasteiger partial charge on any atom is 0.124 e. The van der Waals surface area contributed by atoms with Crippen molar-refractivity contribution in [2.75, 3.05) is 6.54 Å². The minimum Gasteiger partial charge on any atom is -0.310 e. The van der Waals surface area contributed by atoms with Crippen molar-refractivity contribution in [2.24, 2.45) is 0 Å². The Morgan fingerprint density at radius 1 is 1.19 bits per heavy atom. The maximum absolute atomic E-state index is 13.5. The zero-order valence-electron chi connectivity index (χ0n) is 11.9. The third kappa shape index (κ3) is 5.10. The fraction of sp³-hybridized carbons (Fsp3) is 0.294. The van der Waals surface area contributed by atoms with Gasteiger partial charge in [-0.1, -0.05) is 46.6 Å². The first-order valence-corrected chi connectivity index (χ1v) is 8.19. The topological polar surface area (TPSA) is 12.0 Å². The SMILES string of the molecule is CCCNC(Cc1cc(F)cc(Br)c1)c1ccc(Cl)cc1. The van der Waals surface area contributed by atoms with Gasteiger partial charge in [-0.2, -0.15) is 0 Å². The number of hydrogen-bond donors (Lipinski definition) is 1. The van der Waals surface area contributed by atoms with E-state index in [0.29, 0.717) is 0 Å². The van der Waals surface area contributed by atoms with E-state index >= 15 is 0 Å². The molecule has 2 aromatic carbocycles. The van der Waals surface area contributed by atoms with Gasteiger partial charge in [-0.3, -0.25) is 0 Å². The highest BCUT2D eigenvalue weighted by Crippen LogP contribution is 2.23. The summed E-state index contributed by atoms with van der Waals surface area (Å²) in [7, 11) is 0. The first-order valence-electron chi connectivity index (χ1n) is 7.02. The molecule has 0 spiro atoms. The lowest BCUT2D eigenvalue weighted by molar-refractivity contribution is 0.527. The Bertz CT molecular complexity index is 566. The van der Waals surface area contributed by atoms with Gasteiger partial charge in [-0.05, 0) is 60.8 Å². The van der Waals surface area contributed by atoms with Crippen molar-refractivity contribution >= 4 is 27.5 Å². The van der Waals surface area contributed by atoms with Crippen molar-refractivity contribution in [3.05, 3.63) is 68.9 Å². The molecule has 2 rings (SSSR count). The summed E-state index contributed by atoms with van der Waals surface area (Å²) in [5, 5.41) is 4.24. The van der Waals surface area contributed by atoms with E-state index in [2.05, 4.69) is 28.2 Å². The zero-order chi connectivity index (χ0) is 15.2. The highest BCUT2D eigenvalue weighted by Gasteiger charge is 2.12.